The lowest BCUT2D eigenvalue weighted by molar-refractivity contribution is 0.189. The summed E-state index contributed by atoms with van der Waals surface area (Å²) in [4.78, 5) is 0.257. The van der Waals surface area contributed by atoms with Gasteiger partial charge < -0.3 is 9.47 Å². The monoisotopic (exact) mass is 335 g/mol. The van der Waals surface area contributed by atoms with Crippen LogP contribution in [0.15, 0.2) is 29.2 Å². The van der Waals surface area contributed by atoms with Crippen molar-refractivity contribution in [2.45, 2.75) is 17.7 Å². The first-order valence-electron chi connectivity index (χ1n) is 6.76. The van der Waals surface area contributed by atoms with Crippen LogP contribution in [0.1, 0.15) is 12.8 Å². The third kappa shape index (κ3) is 5.82. The molecule has 5 nitrogen and oxygen atoms in total. The third-order valence-electron chi connectivity index (χ3n) is 2.90. The maximum atomic E-state index is 12.3. The molecule has 0 aliphatic rings. The van der Waals surface area contributed by atoms with Crippen molar-refractivity contribution in [3.63, 3.8) is 0 Å². The molecule has 0 atom stereocenters. The van der Waals surface area contributed by atoms with Crippen LogP contribution in [0.4, 0.5) is 0 Å². The molecule has 0 fully saturated rings. The van der Waals surface area contributed by atoms with Crippen molar-refractivity contribution in [3.05, 3.63) is 24.3 Å². The Morgan fingerprint density at radius 2 is 1.81 bits per heavy atom. The summed E-state index contributed by atoms with van der Waals surface area (Å²) < 4.78 is 36.3. The topological polar surface area (TPSA) is 55.8 Å². The number of halogens is 1. The molecule has 1 aromatic carbocycles. The number of sulfonamides is 1. The smallest absolute Gasteiger partial charge is 0.242 e. The normalized spacial score (nSPS) is 11.8. The van der Waals surface area contributed by atoms with Gasteiger partial charge in [-0.25, -0.2) is 12.7 Å². The second kappa shape index (κ2) is 9.25. The standard InChI is InChI=1S/C14H22ClNO4S/c1-16(10-4-11-19-2)21(17,18)14-7-5-13(6-8-14)20-12-3-9-15/h5-8H,3-4,9-12H2,1-2H3. The maximum absolute atomic E-state index is 12.3. The molecule has 1 rings (SSSR count). The summed E-state index contributed by atoms with van der Waals surface area (Å²) in [6.07, 6.45) is 1.41. The molecule has 0 spiro atoms. The number of nitrogens with zero attached hydrogens (tertiary/aromatic N) is 1. The van der Waals surface area contributed by atoms with Crippen molar-refractivity contribution in [2.24, 2.45) is 0 Å². The first-order valence-corrected chi connectivity index (χ1v) is 8.74. The average Bonchev–Trinajstić information content (AvgIpc) is 2.48. The molecular formula is C14H22ClNO4S. The summed E-state index contributed by atoms with van der Waals surface area (Å²) in [5.74, 6) is 1.18. The van der Waals surface area contributed by atoms with E-state index in [-0.39, 0.29) is 4.90 Å². The van der Waals surface area contributed by atoms with E-state index in [2.05, 4.69) is 0 Å². The van der Waals surface area contributed by atoms with Gasteiger partial charge >= 0.3 is 0 Å². The molecule has 0 aliphatic carbocycles. The van der Waals surface area contributed by atoms with Crippen molar-refractivity contribution in [2.75, 3.05) is 39.8 Å². The highest BCUT2D eigenvalue weighted by Gasteiger charge is 2.20. The van der Waals surface area contributed by atoms with E-state index < -0.39 is 10.0 Å². The van der Waals surface area contributed by atoms with Crippen LogP contribution in [-0.2, 0) is 14.8 Å². The molecule has 0 aromatic heterocycles. The van der Waals surface area contributed by atoms with E-state index in [1.807, 2.05) is 0 Å². The Bertz CT molecular complexity index is 504. The van der Waals surface area contributed by atoms with Gasteiger partial charge in [0.2, 0.25) is 10.0 Å². The first kappa shape index (κ1) is 18.2. The molecule has 0 amide bonds. The summed E-state index contributed by atoms with van der Waals surface area (Å²) in [7, 11) is -0.300. The van der Waals surface area contributed by atoms with E-state index in [0.717, 1.165) is 6.42 Å². The minimum atomic E-state index is -3.46. The highest BCUT2D eigenvalue weighted by atomic mass is 35.5. The molecule has 0 heterocycles. The zero-order valence-electron chi connectivity index (χ0n) is 12.4. The summed E-state index contributed by atoms with van der Waals surface area (Å²) in [6, 6.07) is 6.42. The van der Waals surface area contributed by atoms with Crippen LogP contribution in [0.3, 0.4) is 0 Å². The zero-order valence-corrected chi connectivity index (χ0v) is 14.0. The number of alkyl halides is 1. The van der Waals surface area contributed by atoms with Gasteiger partial charge in [0.1, 0.15) is 5.75 Å². The minimum absolute atomic E-state index is 0.257. The van der Waals surface area contributed by atoms with E-state index in [1.165, 1.54) is 4.31 Å². The Labute approximate surface area is 131 Å². The van der Waals surface area contributed by atoms with Crippen molar-refractivity contribution >= 4 is 21.6 Å². The molecule has 0 saturated heterocycles. The van der Waals surface area contributed by atoms with Gasteiger partial charge in [-0.2, -0.15) is 0 Å². The van der Waals surface area contributed by atoms with Gasteiger partial charge in [0.15, 0.2) is 0 Å². The van der Waals surface area contributed by atoms with E-state index in [4.69, 9.17) is 21.1 Å². The molecule has 1 aromatic rings. The van der Waals surface area contributed by atoms with Crippen molar-refractivity contribution in [1.82, 2.24) is 4.31 Å². The van der Waals surface area contributed by atoms with E-state index in [1.54, 1.807) is 38.4 Å². The SMILES string of the molecule is COCCCN(C)S(=O)(=O)c1ccc(OCCCCl)cc1. The molecule has 0 N–H and O–H groups in total. The number of methoxy groups -OCH3 is 1. The Hall–Kier alpha value is -0.820. The highest BCUT2D eigenvalue weighted by Crippen LogP contribution is 2.19. The predicted molar refractivity (Wildman–Crippen MR) is 83.6 cm³/mol. The summed E-state index contributed by atoms with van der Waals surface area (Å²) in [6.45, 7) is 1.48. The van der Waals surface area contributed by atoms with Crippen LogP contribution in [0.5, 0.6) is 5.75 Å². The summed E-state index contributed by atoms with van der Waals surface area (Å²) in [5.41, 5.74) is 0. The van der Waals surface area contributed by atoms with Crippen LogP contribution < -0.4 is 4.74 Å². The minimum Gasteiger partial charge on any atom is -0.494 e. The van der Waals surface area contributed by atoms with Crippen LogP contribution in [-0.4, -0.2) is 52.5 Å². The van der Waals surface area contributed by atoms with Crippen molar-refractivity contribution < 1.29 is 17.9 Å². The first-order chi connectivity index (χ1) is 10.0. The Morgan fingerprint density at radius 1 is 1.14 bits per heavy atom. The number of ether oxygens (including phenoxy) is 2. The summed E-state index contributed by atoms with van der Waals surface area (Å²) in [5, 5.41) is 0. The average molecular weight is 336 g/mol. The molecule has 0 unspecified atom stereocenters. The molecule has 0 bridgehead atoms. The van der Waals surface area contributed by atoms with Crippen LogP contribution in [0.25, 0.3) is 0 Å². The van der Waals surface area contributed by atoms with E-state index in [9.17, 15) is 8.42 Å². The number of hydrogen-bond donors (Lipinski definition) is 0. The van der Waals surface area contributed by atoms with Gasteiger partial charge in [-0.15, -0.1) is 11.6 Å². The fourth-order valence-corrected chi connectivity index (χ4v) is 3.00. The largest absolute Gasteiger partial charge is 0.494 e. The molecule has 120 valence electrons. The lowest BCUT2D eigenvalue weighted by Crippen LogP contribution is -2.28. The number of hydrogen-bond acceptors (Lipinski definition) is 4. The van der Waals surface area contributed by atoms with Crippen molar-refractivity contribution in [1.29, 1.82) is 0 Å². The van der Waals surface area contributed by atoms with Gasteiger partial charge in [-0.1, -0.05) is 0 Å². The fraction of sp³-hybridized carbons (Fsp3) is 0.571. The van der Waals surface area contributed by atoms with Gasteiger partial charge in [-0.05, 0) is 37.1 Å². The molecule has 0 radical (unpaired) electrons. The van der Waals surface area contributed by atoms with E-state index in [0.29, 0.717) is 37.8 Å². The highest BCUT2D eigenvalue weighted by molar-refractivity contribution is 7.89. The van der Waals surface area contributed by atoms with Crippen molar-refractivity contribution in [3.8, 4) is 5.75 Å². The summed E-state index contributed by atoms with van der Waals surface area (Å²) >= 11 is 5.57. The van der Waals surface area contributed by atoms with Gasteiger partial charge in [0.05, 0.1) is 11.5 Å². The number of rotatable bonds is 10. The Kier molecular flexibility index (Phi) is 8.03. The van der Waals surface area contributed by atoms with E-state index >= 15 is 0 Å². The van der Waals surface area contributed by atoms with Crippen LogP contribution in [0.2, 0.25) is 0 Å². The van der Waals surface area contributed by atoms with Crippen LogP contribution >= 0.6 is 11.6 Å². The van der Waals surface area contributed by atoms with Crippen LogP contribution in [0, 0.1) is 0 Å². The number of benzene rings is 1. The van der Waals surface area contributed by atoms with Gasteiger partial charge in [-0.3, -0.25) is 0 Å². The van der Waals surface area contributed by atoms with Gasteiger partial charge in [0, 0.05) is 33.2 Å². The second-order valence-corrected chi connectivity index (χ2v) is 6.96. The second-order valence-electron chi connectivity index (χ2n) is 4.54. The molecule has 7 heteroatoms. The fourth-order valence-electron chi connectivity index (χ4n) is 1.68. The van der Waals surface area contributed by atoms with Gasteiger partial charge in [0.25, 0.3) is 0 Å². The lowest BCUT2D eigenvalue weighted by Gasteiger charge is -2.17. The molecule has 21 heavy (non-hydrogen) atoms. The Morgan fingerprint density at radius 3 is 2.38 bits per heavy atom. The maximum Gasteiger partial charge on any atom is 0.242 e. The molecule has 0 saturated carbocycles. The third-order valence-corrected chi connectivity index (χ3v) is 5.04. The zero-order chi connectivity index (χ0) is 15.7. The Balaban J connectivity index is 2.66. The predicted octanol–water partition coefficient (Wildman–Crippen LogP) is 2.35. The molecule has 0 aliphatic heterocycles. The lowest BCUT2D eigenvalue weighted by atomic mass is 10.3. The quantitative estimate of drug-likeness (QED) is 0.486. The molecular weight excluding hydrogens is 314 g/mol.